The van der Waals surface area contributed by atoms with Gasteiger partial charge in [0.05, 0.1) is 12.1 Å². The summed E-state index contributed by atoms with van der Waals surface area (Å²) in [6.45, 7) is 0.340. The average molecular weight is 483 g/mol. The second kappa shape index (κ2) is 9.67. The summed E-state index contributed by atoms with van der Waals surface area (Å²) in [6, 6.07) is 22.3. The van der Waals surface area contributed by atoms with Crippen LogP contribution < -0.4 is 5.73 Å². The van der Waals surface area contributed by atoms with E-state index in [0.29, 0.717) is 36.5 Å². The Morgan fingerprint density at radius 2 is 1.67 bits per heavy atom. The Hall–Kier alpha value is -4.43. The lowest BCUT2D eigenvalue weighted by Crippen LogP contribution is -2.48. The lowest BCUT2D eigenvalue weighted by molar-refractivity contribution is -0.136. The van der Waals surface area contributed by atoms with E-state index >= 15 is 0 Å². The van der Waals surface area contributed by atoms with Crippen LogP contribution in [0.15, 0.2) is 78.9 Å². The Bertz CT molecular complexity index is 1400. The van der Waals surface area contributed by atoms with E-state index in [1.165, 1.54) is 0 Å². The number of aromatic carboxylic acids is 1. The number of nitrogens with one attached hydrogen (secondary N) is 1. The number of aromatic hydroxyl groups is 1. The molecule has 0 fully saturated rings. The molecule has 1 aliphatic heterocycles. The molecule has 8 nitrogen and oxygen atoms in total. The van der Waals surface area contributed by atoms with Crippen molar-refractivity contribution in [3.8, 4) is 17.0 Å². The lowest BCUT2D eigenvalue weighted by Gasteiger charge is -2.37. The van der Waals surface area contributed by atoms with E-state index in [0.717, 1.165) is 16.7 Å². The fourth-order valence-corrected chi connectivity index (χ4v) is 4.69. The van der Waals surface area contributed by atoms with Crippen LogP contribution in [0.2, 0.25) is 0 Å². The number of rotatable bonds is 6. The third kappa shape index (κ3) is 4.58. The molecule has 0 bridgehead atoms. The Labute approximate surface area is 208 Å². The molecular formula is C28H26N4O4. The number of aromatic nitrogens is 2. The van der Waals surface area contributed by atoms with E-state index in [-0.39, 0.29) is 17.4 Å². The molecule has 2 heterocycles. The van der Waals surface area contributed by atoms with E-state index in [1.807, 2.05) is 42.5 Å². The maximum atomic E-state index is 13.7. The Morgan fingerprint density at radius 3 is 2.36 bits per heavy atom. The summed E-state index contributed by atoms with van der Waals surface area (Å²) in [5, 5.41) is 19.4. The Balaban J connectivity index is 1.51. The first-order chi connectivity index (χ1) is 17.4. The highest BCUT2D eigenvalue weighted by molar-refractivity contribution is 5.93. The van der Waals surface area contributed by atoms with Crippen LogP contribution in [0.5, 0.6) is 5.75 Å². The SMILES string of the molecule is N[C@@H](Cc1ccc(O)cc1)C(=O)N1Cc2ccccc2C[C@H]1c1nc(-c2ccccc2)c(C(=O)O)[nH]1. The second-order valence-corrected chi connectivity index (χ2v) is 8.95. The second-order valence-electron chi connectivity index (χ2n) is 8.95. The number of hydrogen-bond donors (Lipinski definition) is 4. The average Bonchev–Trinajstić information content (AvgIpc) is 3.35. The van der Waals surface area contributed by atoms with Crippen LogP contribution in [0.1, 0.15) is 39.0 Å². The fourth-order valence-electron chi connectivity index (χ4n) is 4.69. The van der Waals surface area contributed by atoms with Gasteiger partial charge in [0.1, 0.15) is 17.3 Å². The molecule has 2 atom stereocenters. The van der Waals surface area contributed by atoms with Crippen molar-refractivity contribution in [2.75, 3.05) is 0 Å². The summed E-state index contributed by atoms with van der Waals surface area (Å²) in [6.07, 6.45) is 0.784. The normalized spacial score (nSPS) is 15.8. The molecule has 1 amide bonds. The molecule has 8 heteroatoms. The number of carbonyl (C=O) groups is 2. The van der Waals surface area contributed by atoms with Gasteiger partial charge in [-0.3, -0.25) is 4.79 Å². The number of H-pyrrole nitrogens is 1. The van der Waals surface area contributed by atoms with E-state index in [9.17, 15) is 19.8 Å². The molecule has 4 aromatic rings. The van der Waals surface area contributed by atoms with Crippen LogP contribution in [0.4, 0.5) is 0 Å². The first kappa shape index (κ1) is 23.3. The van der Waals surface area contributed by atoms with Crippen molar-refractivity contribution < 1.29 is 19.8 Å². The molecule has 0 saturated carbocycles. The first-order valence-corrected chi connectivity index (χ1v) is 11.7. The van der Waals surface area contributed by atoms with Crippen molar-refractivity contribution in [1.29, 1.82) is 0 Å². The Morgan fingerprint density at radius 1 is 1.00 bits per heavy atom. The molecule has 3 aromatic carbocycles. The maximum Gasteiger partial charge on any atom is 0.354 e. The predicted octanol–water partition coefficient (Wildman–Crippen LogP) is 3.68. The zero-order valence-electron chi connectivity index (χ0n) is 19.5. The number of phenols is 1. The van der Waals surface area contributed by atoms with Crippen LogP contribution in [-0.4, -0.2) is 43.0 Å². The maximum absolute atomic E-state index is 13.7. The van der Waals surface area contributed by atoms with Gasteiger partial charge in [-0.25, -0.2) is 9.78 Å². The highest BCUT2D eigenvalue weighted by atomic mass is 16.4. The topological polar surface area (TPSA) is 133 Å². The molecule has 0 saturated heterocycles. The minimum absolute atomic E-state index is 0.0177. The summed E-state index contributed by atoms with van der Waals surface area (Å²) in [5.74, 6) is -0.818. The van der Waals surface area contributed by atoms with E-state index in [1.54, 1.807) is 41.3 Å². The minimum atomic E-state index is -1.12. The third-order valence-corrected chi connectivity index (χ3v) is 6.54. The van der Waals surface area contributed by atoms with Crippen molar-refractivity contribution in [3.63, 3.8) is 0 Å². The smallest absolute Gasteiger partial charge is 0.354 e. The highest BCUT2D eigenvalue weighted by Gasteiger charge is 2.36. The molecule has 1 aliphatic rings. The number of phenolic OH excluding ortho intramolecular Hbond substituents is 1. The van der Waals surface area contributed by atoms with E-state index in [4.69, 9.17) is 5.73 Å². The van der Waals surface area contributed by atoms with Gasteiger partial charge in [0.2, 0.25) is 5.91 Å². The number of fused-ring (bicyclic) bond motifs is 1. The number of carboxylic acid groups (broad SMARTS) is 1. The number of nitrogens with zero attached hydrogens (tertiary/aromatic N) is 2. The number of benzene rings is 3. The molecule has 1 aromatic heterocycles. The monoisotopic (exact) mass is 482 g/mol. The summed E-state index contributed by atoms with van der Waals surface area (Å²) in [5.41, 5.74) is 10.3. The summed E-state index contributed by atoms with van der Waals surface area (Å²) >= 11 is 0. The van der Waals surface area contributed by atoms with Crippen molar-refractivity contribution in [2.24, 2.45) is 5.73 Å². The van der Waals surface area contributed by atoms with E-state index < -0.39 is 18.1 Å². The molecule has 0 radical (unpaired) electrons. The minimum Gasteiger partial charge on any atom is -0.508 e. The van der Waals surface area contributed by atoms with Gasteiger partial charge in [-0.05, 0) is 35.2 Å². The molecule has 36 heavy (non-hydrogen) atoms. The molecule has 5 rings (SSSR count). The number of nitrogens with two attached hydrogens (primary N) is 1. The van der Waals surface area contributed by atoms with E-state index in [2.05, 4.69) is 9.97 Å². The van der Waals surface area contributed by atoms with Crippen LogP contribution in [0.25, 0.3) is 11.3 Å². The number of aromatic amines is 1. The van der Waals surface area contributed by atoms with Crippen molar-refractivity contribution in [3.05, 3.63) is 107 Å². The standard InChI is InChI=1S/C28H26N4O4/c29-22(14-17-10-12-21(33)13-11-17)27(34)32-16-20-9-5-4-8-19(20)15-23(32)26-30-24(25(31-26)28(35)36)18-6-2-1-3-7-18/h1-13,22-23,33H,14-16,29H2,(H,30,31)(H,35,36)/t22-,23-/m0/s1. The zero-order chi connectivity index (χ0) is 25.2. The van der Waals surface area contributed by atoms with Gasteiger partial charge in [0.25, 0.3) is 0 Å². The van der Waals surface area contributed by atoms with Gasteiger partial charge in [-0.2, -0.15) is 0 Å². The molecule has 0 unspecified atom stereocenters. The fraction of sp³-hybridized carbons (Fsp3) is 0.179. The molecule has 182 valence electrons. The quantitative estimate of drug-likeness (QED) is 0.331. The van der Waals surface area contributed by atoms with Crippen molar-refractivity contribution in [2.45, 2.75) is 31.5 Å². The van der Waals surface area contributed by atoms with Crippen LogP contribution in [0.3, 0.4) is 0 Å². The van der Waals surface area contributed by atoms with Gasteiger partial charge in [0, 0.05) is 18.5 Å². The number of imidazole rings is 1. The van der Waals surface area contributed by atoms with Gasteiger partial charge in [-0.1, -0.05) is 66.7 Å². The van der Waals surface area contributed by atoms with Crippen molar-refractivity contribution in [1.82, 2.24) is 14.9 Å². The third-order valence-electron chi connectivity index (χ3n) is 6.54. The number of amides is 1. The number of carboxylic acids is 1. The zero-order valence-corrected chi connectivity index (χ0v) is 19.5. The highest BCUT2D eigenvalue weighted by Crippen LogP contribution is 2.34. The number of carbonyl (C=O) groups excluding carboxylic acids is 1. The molecular weight excluding hydrogens is 456 g/mol. The molecule has 5 N–H and O–H groups in total. The number of hydrogen-bond acceptors (Lipinski definition) is 5. The van der Waals surface area contributed by atoms with Gasteiger partial charge >= 0.3 is 5.97 Å². The summed E-state index contributed by atoms with van der Waals surface area (Å²) in [7, 11) is 0. The van der Waals surface area contributed by atoms with Crippen LogP contribution in [0, 0.1) is 0 Å². The van der Waals surface area contributed by atoms with Crippen LogP contribution >= 0.6 is 0 Å². The molecule has 0 spiro atoms. The van der Waals surface area contributed by atoms with Gasteiger partial charge in [-0.15, -0.1) is 0 Å². The first-order valence-electron chi connectivity index (χ1n) is 11.7. The summed E-state index contributed by atoms with van der Waals surface area (Å²) < 4.78 is 0. The van der Waals surface area contributed by atoms with Crippen LogP contribution in [-0.2, 0) is 24.2 Å². The lowest BCUT2D eigenvalue weighted by atomic mass is 9.92. The van der Waals surface area contributed by atoms with Gasteiger partial charge < -0.3 is 25.8 Å². The Kier molecular flexibility index (Phi) is 6.26. The van der Waals surface area contributed by atoms with Crippen molar-refractivity contribution >= 4 is 11.9 Å². The molecule has 0 aliphatic carbocycles. The van der Waals surface area contributed by atoms with Gasteiger partial charge in [0.15, 0.2) is 5.69 Å². The largest absolute Gasteiger partial charge is 0.508 e. The summed E-state index contributed by atoms with van der Waals surface area (Å²) in [4.78, 5) is 35.1. The predicted molar refractivity (Wildman–Crippen MR) is 134 cm³/mol.